The van der Waals surface area contributed by atoms with Crippen molar-refractivity contribution < 1.29 is 9.90 Å². The highest BCUT2D eigenvalue weighted by Crippen LogP contribution is 2.10. The zero-order chi connectivity index (χ0) is 14.4. The van der Waals surface area contributed by atoms with E-state index in [0.717, 1.165) is 5.56 Å². The highest BCUT2D eigenvalue weighted by atomic mass is 16.3. The van der Waals surface area contributed by atoms with Crippen LogP contribution in [-0.4, -0.2) is 22.5 Å². The van der Waals surface area contributed by atoms with Gasteiger partial charge in [-0.25, -0.2) is 0 Å². The number of hydrogen-bond acceptors (Lipinski definition) is 4. The van der Waals surface area contributed by atoms with Crippen LogP contribution >= 0.6 is 0 Å². The Morgan fingerprint density at radius 2 is 2.00 bits per heavy atom. The number of aliphatic hydroxyl groups excluding tert-OH is 1. The van der Waals surface area contributed by atoms with E-state index in [1.54, 1.807) is 12.1 Å². The molecule has 0 aliphatic carbocycles. The number of aromatic nitrogens is 1. The van der Waals surface area contributed by atoms with E-state index in [0.29, 0.717) is 11.4 Å². The first-order valence-electron chi connectivity index (χ1n) is 6.35. The molecule has 1 aromatic carbocycles. The van der Waals surface area contributed by atoms with Crippen LogP contribution in [0.5, 0.6) is 0 Å². The molecular weight excluding hydrogens is 254 g/mol. The lowest BCUT2D eigenvalue weighted by atomic mass is 10.1. The molecule has 4 N–H and O–H groups in total. The van der Waals surface area contributed by atoms with Gasteiger partial charge in [0.25, 0.3) is 0 Å². The number of carbonyl (C=O) groups is 1. The van der Waals surface area contributed by atoms with Crippen LogP contribution in [0.1, 0.15) is 17.4 Å². The molecule has 0 aliphatic heterocycles. The summed E-state index contributed by atoms with van der Waals surface area (Å²) in [6.07, 6.45) is 0.975. The molecule has 1 amide bonds. The van der Waals surface area contributed by atoms with Crippen LogP contribution in [0.2, 0.25) is 0 Å². The van der Waals surface area contributed by atoms with E-state index in [1.807, 2.05) is 30.3 Å². The molecule has 0 spiro atoms. The van der Waals surface area contributed by atoms with Crippen LogP contribution < -0.4 is 11.1 Å². The molecule has 0 saturated heterocycles. The molecule has 0 saturated carbocycles. The topological polar surface area (TPSA) is 88.2 Å². The van der Waals surface area contributed by atoms with E-state index in [-0.39, 0.29) is 18.9 Å². The van der Waals surface area contributed by atoms with Gasteiger partial charge in [-0.3, -0.25) is 9.78 Å². The summed E-state index contributed by atoms with van der Waals surface area (Å²) >= 11 is 0. The maximum Gasteiger partial charge on any atom is 0.226 e. The molecule has 1 atom stereocenters. The van der Waals surface area contributed by atoms with Gasteiger partial charge >= 0.3 is 0 Å². The van der Waals surface area contributed by atoms with Gasteiger partial charge in [0.1, 0.15) is 0 Å². The fraction of sp³-hybridized carbons (Fsp3) is 0.200. The summed E-state index contributed by atoms with van der Waals surface area (Å²) < 4.78 is 0. The van der Waals surface area contributed by atoms with E-state index < -0.39 is 6.10 Å². The van der Waals surface area contributed by atoms with E-state index in [9.17, 15) is 9.90 Å². The van der Waals surface area contributed by atoms with Crippen molar-refractivity contribution in [3.8, 4) is 0 Å². The van der Waals surface area contributed by atoms with E-state index in [2.05, 4.69) is 10.3 Å². The number of amides is 1. The molecule has 1 heterocycles. The number of aliphatic hydroxyl groups is 1. The van der Waals surface area contributed by atoms with Gasteiger partial charge in [-0.15, -0.1) is 0 Å². The zero-order valence-corrected chi connectivity index (χ0v) is 11.0. The largest absolute Gasteiger partial charge is 0.397 e. The number of nitrogens with two attached hydrogens (primary N) is 1. The number of hydrogen-bond donors (Lipinski definition) is 3. The Morgan fingerprint density at radius 3 is 2.65 bits per heavy atom. The minimum Gasteiger partial charge on any atom is -0.397 e. The van der Waals surface area contributed by atoms with Gasteiger partial charge in [0.2, 0.25) is 5.91 Å². The molecule has 5 heteroatoms. The van der Waals surface area contributed by atoms with Crippen LogP contribution in [0.15, 0.2) is 48.7 Å². The summed E-state index contributed by atoms with van der Waals surface area (Å²) in [4.78, 5) is 15.8. The molecule has 20 heavy (non-hydrogen) atoms. The van der Waals surface area contributed by atoms with Crippen LogP contribution in [0.3, 0.4) is 0 Å². The molecule has 5 nitrogen and oxygen atoms in total. The lowest BCUT2D eigenvalue weighted by Gasteiger charge is -2.12. The Morgan fingerprint density at radius 1 is 1.25 bits per heavy atom. The van der Waals surface area contributed by atoms with Gasteiger partial charge in [0.15, 0.2) is 0 Å². The Kier molecular flexibility index (Phi) is 4.68. The lowest BCUT2D eigenvalue weighted by molar-refractivity contribution is -0.120. The van der Waals surface area contributed by atoms with E-state index >= 15 is 0 Å². The van der Waals surface area contributed by atoms with Crippen molar-refractivity contribution >= 4 is 11.6 Å². The second-order valence-corrected chi connectivity index (χ2v) is 4.49. The van der Waals surface area contributed by atoms with Crippen LogP contribution in [0, 0.1) is 0 Å². The molecule has 104 valence electrons. The number of carbonyl (C=O) groups excluding carboxylic acids is 1. The highest BCUT2D eigenvalue weighted by molar-refractivity contribution is 5.78. The standard InChI is InChI=1S/C15H17N3O2/c16-12-6-7-13(17-9-12)8-15(20)18-10-14(19)11-4-2-1-3-5-11/h1-7,9,14,19H,8,10,16H2,(H,18,20). The van der Waals surface area contributed by atoms with Crippen molar-refractivity contribution in [3.63, 3.8) is 0 Å². The fourth-order valence-corrected chi connectivity index (χ4v) is 1.77. The van der Waals surface area contributed by atoms with Gasteiger partial charge in [-0.05, 0) is 17.7 Å². The maximum absolute atomic E-state index is 11.7. The molecule has 2 rings (SSSR count). The second-order valence-electron chi connectivity index (χ2n) is 4.49. The molecule has 1 unspecified atom stereocenters. The average molecular weight is 271 g/mol. The van der Waals surface area contributed by atoms with Crippen LogP contribution in [-0.2, 0) is 11.2 Å². The number of nitrogens with zero attached hydrogens (tertiary/aromatic N) is 1. The van der Waals surface area contributed by atoms with E-state index in [1.165, 1.54) is 6.20 Å². The van der Waals surface area contributed by atoms with Crippen molar-refractivity contribution in [2.75, 3.05) is 12.3 Å². The van der Waals surface area contributed by atoms with Crippen LogP contribution in [0.25, 0.3) is 0 Å². The summed E-state index contributed by atoms with van der Waals surface area (Å²) in [5.74, 6) is -0.183. The highest BCUT2D eigenvalue weighted by Gasteiger charge is 2.09. The van der Waals surface area contributed by atoms with Crippen molar-refractivity contribution in [1.29, 1.82) is 0 Å². The number of nitrogen functional groups attached to an aromatic ring is 1. The predicted molar refractivity (Wildman–Crippen MR) is 76.8 cm³/mol. The third-order valence-electron chi connectivity index (χ3n) is 2.87. The minimum atomic E-state index is -0.709. The van der Waals surface area contributed by atoms with Crippen molar-refractivity contribution in [2.24, 2.45) is 0 Å². The first-order valence-corrected chi connectivity index (χ1v) is 6.35. The number of anilines is 1. The predicted octanol–water partition coefficient (Wildman–Crippen LogP) is 1.06. The van der Waals surface area contributed by atoms with Gasteiger partial charge in [0.05, 0.1) is 24.4 Å². The number of pyridine rings is 1. The third-order valence-corrected chi connectivity index (χ3v) is 2.87. The molecular formula is C15H17N3O2. The number of benzene rings is 1. The first-order chi connectivity index (χ1) is 9.65. The summed E-state index contributed by atoms with van der Waals surface area (Å²) in [6.45, 7) is 0.178. The normalized spacial score (nSPS) is 11.8. The Bertz CT molecular complexity index is 555. The number of nitrogens with one attached hydrogen (secondary N) is 1. The smallest absolute Gasteiger partial charge is 0.226 e. The average Bonchev–Trinajstić information content (AvgIpc) is 2.48. The van der Waals surface area contributed by atoms with Crippen molar-refractivity contribution in [2.45, 2.75) is 12.5 Å². The molecule has 0 fully saturated rings. The van der Waals surface area contributed by atoms with Gasteiger partial charge in [-0.1, -0.05) is 30.3 Å². The molecule has 1 aromatic heterocycles. The lowest BCUT2D eigenvalue weighted by Crippen LogP contribution is -2.29. The van der Waals surface area contributed by atoms with Gasteiger partial charge in [0, 0.05) is 12.2 Å². The third kappa shape index (κ3) is 4.07. The molecule has 0 bridgehead atoms. The van der Waals surface area contributed by atoms with Crippen molar-refractivity contribution in [1.82, 2.24) is 10.3 Å². The Hall–Kier alpha value is -2.40. The minimum absolute atomic E-state index is 0.168. The SMILES string of the molecule is Nc1ccc(CC(=O)NCC(O)c2ccccc2)nc1. The Labute approximate surface area is 117 Å². The van der Waals surface area contributed by atoms with E-state index in [4.69, 9.17) is 5.73 Å². The first kappa shape index (κ1) is 14.0. The summed E-state index contributed by atoms with van der Waals surface area (Å²) in [7, 11) is 0. The van der Waals surface area contributed by atoms with Gasteiger partial charge < -0.3 is 16.2 Å². The molecule has 2 aromatic rings. The van der Waals surface area contributed by atoms with Gasteiger partial charge in [-0.2, -0.15) is 0 Å². The molecule has 0 radical (unpaired) electrons. The second kappa shape index (κ2) is 6.68. The summed E-state index contributed by atoms with van der Waals surface area (Å²) in [5, 5.41) is 12.6. The quantitative estimate of drug-likeness (QED) is 0.758. The zero-order valence-electron chi connectivity index (χ0n) is 11.0. The van der Waals surface area contributed by atoms with Crippen molar-refractivity contribution in [3.05, 3.63) is 59.9 Å². The summed E-state index contributed by atoms with van der Waals surface area (Å²) in [5.41, 5.74) is 7.51. The maximum atomic E-state index is 11.7. The monoisotopic (exact) mass is 271 g/mol. The fourth-order valence-electron chi connectivity index (χ4n) is 1.77. The Balaban J connectivity index is 1.82. The number of rotatable bonds is 5. The summed E-state index contributed by atoms with van der Waals surface area (Å²) in [6, 6.07) is 12.6. The van der Waals surface area contributed by atoms with Crippen LogP contribution in [0.4, 0.5) is 5.69 Å². The molecule has 0 aliphatic rings.